The third kappa shape index (κ3) is 13.2. The highest BCUT2D eigenvalue weighted by Gasteiger charge is 2.40. The molecule has 45 heavy (non-hydrogen) atoms. The highest BCUT2D eigenvalue weighted by atomic mass is 127. The smallest absolute Gasteiger partial charge is 0.247 e. The third-order valence-electron chi connectivity index (χ3n) is 8.32. The van der Waals surface area contributed by atoms with Gasteiger partial charge in [-0.15, -0.1) is 0 Å². The maximum Gasteiger partial charge on any atom is 0.247 e. The fraction of sp³-hybridized carbons (Fsp3) is 0.686. The lowest BCUT2D eigenvalue weighted by atomic mass is 9.87. The molecular formula is C35H55IN2O7. The second-order valence-corrected chi connectivity index (χ2v) is 13.1. The Balaban J connectivity index is 2.27. The molecule has 0 aromatic heterocycles. The molecule has 3 N–H and O–H groups in total. The summed E-state index contributed by atoms with van der Waals surface area (Å²) in [7, 11) is 1.47. The highest BCUT2D eigenvalue weighted by Crippen LogP contribution is 2.37. The van der Waals surface area contributed by atoms with E-state index in [1.165, 1.54) is 45.6 Å². The number of hydrogen-bond acceptors (Lipinski definition) is 7. The van der Waals surface area contributed by atoms with Gasteiger partial charge in [-0.1, -0.05) is 84.5 Å². The van der Waals surface area contributed by atoms with Crippen LogP contribution in [0.2, 0.25) is 0 Å². The third-order valence-corrected chi connectivity index (χ3v) is 9.12. The number of aldehydes is 1. The first-order chi connectivity index (χ1) is 21.8. The number of halogens is 1. The minimum absolute atomic E-state index is 0.0169. The summed E-state index contributed by atoms with van der Waals surface area (Å²) in [6, 6.07) is 2.55. The predicted molar refractivity (Wildman–Crippen MR) is 186 cm³/mol. The molecule has 0 bridgehead atoms. The van der Waals surface area contributed by atoms with E-state index in [4.69, 9.17) is 9.47 Å². The Morgan fingerprint density at radius 2 is 1.62 bits per heavy atom. The molecule has 0 radical (unpaired) electrons. The molecule has 1 aromatic carbocycles. The Morgan fingerprint density at radius 1 is 1.00 bits per heavy atom. The van der Waals surface area contributed by atoms with Gasteiger partial charge in [0.2, 0.25) is 11.8 Å². The molecule has 0 heterocycles. The molecule has 0 saturated carbocycles. The Hall–Kier alpha value is -2.18. The van der Waals surface area contributed by atoms with Crippen molar-refractivity contribution in [3.8, 4) is 11.5 Å². The molecule has 0 unspecified atom stereocenters. The molecule has 3 atom stereocenters. The van der Waals surface area contributed by atoms with Crippen LogP contribution in [0.15, 0.2) is 23.8 Å². The zero-order valence-electron chi connectivity index (χ0n) is 27.5. The van der Waals surface area contributed by atoms with Gasteiger partial charge in [0.05, 0.1) is 23.3 Å². The lowest BCUT2D eigenvalue weighted by Crippen LogP contribution is -2.55. The number of carbonyl (C=O) groups excluding carboxylic acids is 3. The Kier molecular flexibility index (Phi) is 19.4. The maximum atomic E-state index is 13.8. The number of methoxy groups -OCH3 is 1. The number of amides is 2. The molecule has 254 valence electrons. The summed E-state index contributed by atoms with van der Waals surface area (Å²) in [6.07, 6.45) is 15.1. The van der Waals surface area contributed by atoms with Crippen LogP contribution in [0.25, 0.3) is 0 Å². The van der Waals surface area contributed by atoms with Crippen molar-refractivity contribution in [1.82, 2.24) is 10.2 Å². The Bertz CT molecular complexity index is 1080. The Morgan fingerprint density at radius 3 is 2.22 bits per heavy atom. The second kappa shape index (κ2) is 22.4. The van der Waals surface area contributed by atoms with Gasteiger partial charge in [-0.25, -0.2) is 0 Å². The summed E-state index contributed by atoms with van der Waals surface area (Å²) in [5.74, 6) is 0.285. The van der Waals surface area contributed by atoms with Crippen molar-refractivity contribution in [3.63, 3.8) is 0 Å². The van der Waals surface area contributed by atoms with E-state index in [0.29, 0.717) is 39.2 Å². The van der Waals surface area contributed by atoms with Gasteiger partial charge in [0.1, 0.15) is 18.5 Å². The lowest BCUT2D eigenvalue weighted by molar-refractivity contribution is -0.138. The average Bonchev–Trinajstić information content (AvgIpc) is 3.04. The van der Waals surface area contributed by atoms with E-state index in [1.807, 2.05) is 22.6 Å². The summed E-state index contributed by atoms with van der Waals surface area (Å²) in [6.45, 7) is 4.74. The van der Waals surface area contributed by atoms with Crippen LogP contribution in [-0.4, -0.2) is 78.3 Å². The molecule has 2 rings (SSSR count). The molecule has 0 spiro atoms. The maximum absolute atomic E-state index is 13.8. The van der Waals surface area contributed by atoms with Crippen molar-refractivity contribution in [3.05, 3.63) is 32.9 Å². The van der Waals surface area contributed by atoms with Crippen molar-refractivity contribution in [2.45, 2.75) is 128 Å². The molecule has 9 nitrogen and oxygen atoms in total. The summed E-state index contributed by atoms with van der Waals surface area (Å²) in [5, 5.41) is 23.7. The van der Waals surface area contributed by atoms with E-state index in [0.717, 1.165) is 51.2 Å². The summed E-state index contributed by atoms with van der Waals surface area (Å²) >= 11 is 2.05. The van der Waals surface area contributed by atoms with E-state index < -0.39 is 18.2 Å². The number of nitrogens with zero attached hydrogens (tertiary/aromatic N) is 1. The minimum atomic E-state index is -1.11. The number of benzene rings is 1. The van der Waals surface area contributed by atoms with Gasteiger partial charge in [0.15, 0.2) is 11.5 Å². The quantitative estimate of drug-likeness (QED) is 0.0678. The molecule has 0 saturated heterocycles. The van der Waals surface area contributed by atoms with E-state index >= 15 is 0 Å². The number of rotatable bonds is 23. The van der Waals surface area contributed by atoms with Crippen LogP contribution in [-0.2, 0) is 9.59 Å². The molecule has 2 amide bonds. The SMILES string of the molecule is CCCCCCCCCCCC(=O)N(CCCCCC)[C@@H]1CC(C(=O)NCCO)=C[C@H](Oc2c(I)cc(C=O)cc2OC)[C@H]1O. The first-order valence-corrected chi connectivity index (χ1v) is 18.0. The second-order valence-electron chi connectivity index (χ2n) is 11.9. The molecule has 1 aliphatic carbocycles. The zero-order chi connectivity index (χ0) is 33.0. The van der Waals surface area contributed by atoms with Gasteiger partial charge in [-0.2, -0.15) is 0 Å². The molecule has 1 aromatic rings. The van der Waals surface area contributed by atoms with E-state index in [2.05, 4.69) is 19.2 Å². The first-order valence-electron chi connectivity index (χ1n) is 16.9. The Labute approximate surface area is 283 Å². The van der Waals surface area contributed by atoms with Crippen LogP contribution < -0.4 is 14.8 Å². The zero-order valence-corrected chi connectivity index (χ0v) is 29.7. The predicted octanol–water partition coefficient (Wildman–Crippen LogP) is 6.36. The van der Waals surface area contributed by atoms with E-state index in [1.54, 1.807) is 23.1 Å². The number of hydrogen-bond donors (Lipinski definition) is 3. The molecular weight excluding hydrogens is 687 g/mol. The summed E-state index contributed by atoms with van der Waals surface area (Å²) in [4.78, 5) is 40.1. The molecule has 1 aliphatic rings. The molecule has 10 heteroatoms. The first kappa shape index (κ1) is 39.0. The fourth-order valence-electron chi connectivity index (χ4n) is 5.75. The number of ether oxygens (including phenoxy) is 2. The minimum Gasteiger partial charge on any atom is -0.493 e. The van der Waals surface area contributed by atoms with Gasteiger partial charge in [-0.3, -0.25) is 14.4 Å². The largest absolute Gasteiger partial charge is 0.493 e. The van der Waals surface area contributed by atoms with Crippen molar-refractivity contribution in [1.29, 1.82) is 0 Å². The van der Waals surface area contributed by atoms with Crippen LogP contribution in [0.5, 0.6) is 11.5 Å². The topological polar surface area (TPSA) is 125 Å². The highest BCUT2D eigenvalue weighted by molar-refractivity contribution is 14.1. The van der Waals surface area contributed by atoms with Crippen molar-refractivity contribution < 1.29 is 34.1 Å². The molecule has 0 fully saturated rings. The van der Waals surface area contributed by atoms with Crippen LogP contribution in [0.3, 0.4) is 0 Å². The van der Waals surface area contributed by atoms with E-state index in [-0.39, 0.29) is 31.4 Å². The van der Waals surface area contributed by atoms with Crippen LogP contribution in [0.4, 0.5) is 0 Å². The van der Waals surface area contributed by atoms with Crippen LogP contribution in [0.1, 0.15) is 121 Å². The number of carbonyl (C=O) groups is 3. The van der Waals surface area contributed by atoms with Gasteiger partial charge in [0.25, 0.3) is 0 Å². The van der Waals surface area contributed by atoms with Gasteiger partial charge >= 0.3 is 0 Å². The van der Waals surface area contributed by atoms with Gasteiger partial charge in [0, 0.05) is 37.1 Å². The summed E-state index contributed by atoms with van der Waals surface area (Å²) < 4.78 is 12.4. The van der Waals surface area contributed by atoms with E-state index in [9.17, 15) is 24.6 Å². The average molecular weight is 743 g/mol. The van der Waals surface area contributed by atoms with Crippen LogP contribution >= 0.6 is 22.6 Å². The summed E-state index contributed by atoms with van der Waals surface area (Å²) in [5.41, 5.74) is 0.808. The van der Waals surface area contributed by atoms with Crippen molar-refractivity contribution in [2.24, 2.45) is 0 Å². The number of unbranched alkanes of at least 4 members (excludes halogenated alkanes) is 11. The van der Waals surface area contributed by atoms with Crippen LogP contribution in [0, 0.1) is 3.57 Å². The van der Waals surface area contributed by atoms with Gasteiger partial charge in [-0.05, 0) is 53.6 Å². The number of nitrogens with one attached hydrogen (secondary N) is 1. The number of aliphatic hydroxyl groups is 2. The standard InChI is InChI=1S/C35H55IN2O7/c1-4-6-8-10-11-12-13-14-15-17-32(41)38(19-16-9-7-5-2)29-23-27(35(43)37-18-20-39)24-30(33(29)42)45-34-28(36)21-26(25-40)22-31(34)44-3/h21-22,24-25,29-30,33,39,42H,4-20,23H2,1-3H3,(H,37,43)/t29-,30+,33+/m1/s1. The van der Waals surface area contributed by atoms with Crippen molar-refractivity contribution in [2.75, 3.05) is 26.8 Å². The monoisotopic (exact) mass is 742 g/mol. The van der Waals surface area contributed by atoms with Gasteiger partial charge < -0.3 is 29.9 Å². The fourth-order valence-corrected chi connectivity index (χ4v) is 6.51. The van der Waals surface area contributed by atoms with Crippen molar-refractivity contribution >= 4 is 40.7 Å². The normalized spacial score (nSPS) is 17.8. The molecule has 0 aliphatic heterocycles. The lowest BCUT2D eigenvalue weighted by Gasteiger charge is -2.41. The number of aliphatic hydroxyl groups excluding tert-OH is 2.